The number of ether oxygens (including phenoxy) is 1. The third-order valence-corrected chi connectivity index (χ3v) is 4.67. The molecule has 0 bridgehead atoms. The van der Waals surface area contributed by atoms with Crippen LogP contribution in [0.5, 0.6) is 0 Å². The highest BCUT2D eigenvalue weighted by Gasteiger charge is 2.74. The topological polar surface area (TPSA) is 185 Å². The highest BCUT2D eigenvalue weighted by atomic mass is 16.5. The summed E-state index contributed by atoms with van der Waals surface area (Å²) < 4.78 is 4.81. The molecule has 21 heavy (non-hydrogen) atoms. The van der Waals surface area contributed by atoms with Crippen molar-refractivity contribution in [2.45, 2.75) is 36.3 Å². The van der Waals surface area contributed by atoms with Gasteiger partial charge in [0.1, 0.15) is 12.5 Å². The normalized spacial score (nSPS) is 39.6. The maximum Gasteiger partial charge on any atom is 0.404 e. The highest BCUT2D eigenvalue weighted by Crippen LogP contribution is 2.45. The predicted octanol–water partition coefficient (Wildman–Crippen LogP) is -6.90. The fourth-order valence-corrected chi connectivity index (χ4v) is 3.86. The third-order valence-electron chi connectivity index (χ3n) is 4.67. The number of nitrogens with two attached hydrogens (primary N) is 3. The van der Waals surface area contributed by atoms with Crippen LogP contribution in [0.2, 0.25) is 0 Å². The van der Waals surface area contributed by atoms with Crippen molar-refractivity contribution in [3.63, 3.8) is 0 Å². The Bertz CT molecular complexity index is 547. The molecule has 1 fully saturated rings. The van der Waals surface area contributed by atoms with E-state index in [1.807, 2.05) is 0 Å². The Balaban J connectivity index is 2.01. The summed E-state index contributed by atoms with van der Waals surface area (Å²) in [6.07, 6.45) is -0.268. The van der Waals surface area contributed by atoms with E-state index in [0.29, 0.717) is 12.3 Å². The second kappa shape index (κ2) is 4.21. The summed E-state index contributed by atoms with van der Waals surface area (Å²) in [7, 11) is 0. The van der Waals surface area contributed by atoms with E-state index in [-0.39, 0.29) is 24.9 Å². The Kier molecular flexibility index (Phi) is 2.79. The van der Waals surface area contributed by atoms with Crippen LogP contribution in [0.3, 0.4) is 0 Å². The van der Waals surface area contributed by atoms with Gasteiger partial charge in [0, 0.05) is 6.42 Å². The number of rotatable bonds is 2. The fourth-order valence-electron chi connectivity index (χ4n) is 3.86. The zero-order chi connectivity index (χ0) is 15.4. The minimum Gasteiger partial charge on any atom is -0.445 e. The molecule has 1 aliphatic carbocycles. The van der Waals surface area contributed by atoms with Crippen LogP contribution in [0, 0.1) is 5.92 Å². The van der Waals surface area contributed by atoms with Gasteiger partial charge in [0.25, 0.3) is 0 Å². The second-order valence-electron chi connectivity index (χ2n) is 5.77. The molecule has 0 aromatic heterocycles. The van der Waals surface area contributed by atoms with E-state index in [2.05, 4.69) is 15.3 Å². The lowest BCUT2D eigenvalue weighted by atomic mass is 9.72. The lowest BCUT2D eigenvalue weighted by Gasteiger charge is -2.42. The van der Waals surface area contributed by atoms with Crippen molar-refractivity contribution in [2.75, 3.05) is 6.61 Å². The van der Waals surface area contributed by atoms with Crippen molar-refractivity contribution in [1.82, 2.24) is 5.32 Å². The summed E-state index contributed by atoms with van der Waals surface area (Å²) in [5, 5.41) is 23.8. The Labute approximate surface area is 120 Å². The fraction of sp³-hybridized carbons (Fsp3) is 0.727. The van der Waals surface area contributed by atoms with Crippen molar-refractivity contribution in [3.8, 4) is 0 Å². The van der Waals surface area contributed by atoms with E-state index in [0.717, 1.165) is 0 Å². The molecule has 116 valence electrons. The third kappa shape index (κ3) is 1.75. The quantitative estimate of drug-likeness (QED) is 0.233. The number of nitrogens with one attached hydrogen (secondary N) is 3. The molecule has 0 radical (unpaired) electrons. The first-order chi connectivity index (χ1) is 9.78. The van der Waals surface area contributed by atoms with Gasteiger partial charge in [-0.15, -0.1) is 0 Å². The molecular formula is C11H20N6O4+2. The van der Waals surface area contributed by atoms with Crippen LogP contribution in [0.25, 0.3) is 0 Å². The van der Waals surface area contributed by atoms with Gasteiger partial charge in [0.05, 0.1) is 0 Å². The average Bonchev–Trinajstić information content (AvgIpc) is 2.85. The molecule has 0 aromatic rings. The van der Waals surface area contributed by atoms with E-state index < -0.39 is 29.5 Å². The average molecular weight is 300 g/mol. The van der Waals surface area contributed by atoms with Crippen molar-refractivity contribution in [2.24, 2.45) is 23.1 Å². The van der Waals surface area contributed by atoms with Gasteiger partial charge in [-0.1, -0.05) is 0 Å². The second-order valence-corrected chi connectivity index (χ2v) is 5.77. The molecule has 10 nitrogen and oxygen atoms in total. The van der Waals surface area contributed by atoms with Crippen molar-refractivity contribution in [1.29, 1.82) is 0 Å². The van der Waals surface area contributed by atoms with E-state index in [1.54, 1.807) is 0 Å². The molecule has 2 heterocycles. The first-order valence-corrected chi connectivity index (χ1v) is 6.71. The SMILES string of the molecule is NC(=O)OCC1[NH+]=C(N)C2CCC(O)(O)[C@@]23NC(N)=[NH+][C@@H]13. The standard InChI is InChI=1S/C11H18N6O4/c12-7-4-1-2-10(19,20)11(4)6(16-8(13)17-11)5(15-7)3-21-9(14)18/h4-6,19-20H,1-3H2,(H2,12,15)(H2,14,18)(H3,13,16,17)/p+2/t4?,5?,6-,11+/m0/s1. The lowest BCUT2D eigenvalue weighted by Crippen LogP contribution is -3.02. The van der Waals surface area contributed by atoms with E-state index in [4.69, 9.17) is 21.9 Å². The molecule has 3 rings (SSSR count). The summed E-state index contributed by atoms with van der Waals surface area (Å²) >= 11 is 0. The van der Waals surface area contributed by atoms with Crippen LogP contribution in [-0.4, -0.2) is 58.1 Å². The monoisotopic (exact) mass is 300 g/mol. The Morgan fingerprint density at radius 3 is 2.81 bits per heavy atom. The van der Waals surface area contributed by atoms with Crippen molar-refractivity contribution >= 4 is 17.9 Å². The largest absolute Gasteiger partial charge is 0.445 e. The molecule has 2 aliphatic heterocycles. The van der Waals surface area contributed by atoms with Crippen molar-refractivity contribution < 1.29 is 29.7 Å². The Morgan fingerprint density at radius 2 is 2.14 bits per heavy atom. The van der Waals surface area contributed by atoms with Crippen LogP contribution in [0.1, 0.15) is 12.8 Å². The van der Waals surface area contributed by atoms with E-state index in [9.17, 15) is 15.0 Å². The van der Waals surface area contributed by atoms with Crippen LogP contribution < -0.4 is 32.5 Å². The number of guanidine groups is 1. The molecule has 11 N–H and O–H groups in total. The zero-order valence-corrected chi connectivity index (χ0v) is 11.3. The zero-order valence-electron chi connectivity index (χ0n) is 11.3. The molecule has 2 unspecified atom stereocenters. The van der Waals surface area contributed by atoms with Gasteiger partial charge in [0.2, 0.25) is 11.6 Å². The van der Waals surface area contributed by atoms with Gasteiger partial charge in [-0.2, -0.15) is 0 Å². The van der Waals surface area contributed by atoms with Gasteiger partial charge in [-0.3, -0.25) is 26.8 Å². The Morgan fingerprint density at radius 1 is 1.43 bits per heavy atom. The van der Waals surface area contributed by atoms with Gasteiger partial charge in [0.15, 0.2) is 17.6 Å². The van der Waals surface area contributed by atoms with Crippen LogP contribution in [-0.2, 0) is 4.74 Å². The number of hydrogen-bond donors (Lipinski definition) is 8. The van der Waals surface area contributed by atoms with Gasteiger partial charge >= 0.3 is 12.1 Å². The molecular weight excluding hydrogens is 280 g/mol. The lowest BCUT2D eigenvalue weighted by molar-refractivity contribution is -0.622. The predicted molar refractivity (Wildman–Crippen MR) is 69.2 cm³/mol. The minimum absolute atomic E-state index is 0.0762. The van der Waals surface area contributed by atoms with E-state index in [1.165, 1.54) is 0 Å². The van der Waals surface area contributed by atoms with E-state index >= 15 is 0 Å². The van der Waals surface area contributed by atoms with Crippen LogP contribution >= 0.6 is 0 Å². The number of primary amides is 1. The summed E-state index contributed by atoms with van der Waals surface area (Å²) in [4.78, 5) is 16.8. The highest BCUT2D eigenvalue weighted by molar-refractivity contribution is 5.84. The molecule has 1 saturated carbocycles. The van der Waals surface area contributed by atoms with Gasteiger partial charge < -0.3 is 20.7 Å². The number of carbonyl (C=O) groups excluding carboxylic acids is 1. The molecule has 4 atom stereocenters. The number of aliphatic hydroxyl groups is 2. The van der Waals surface area contributed by atoms with Gasteiger partial charge in [-0.25, -0.2) is 4.79 Å². The smallest absolute Gasteiger partial charge is 0.404 e. The summed E-state index contributed by atoms with van der Waals surface area (Å²) in [5.41, 5.74) is 15.6. The molecule has 1 amide bonds. The number of carbonyl (C=O) groups is 1. The van der Waals surface area contributed by atoms with Crippen LogP contribution in [0.15, 0.2) is 0 Å². The van der Waals surface area contributed by atoms with Crippen molar-refractivity contribution in [3.05, 3.63) is 0 Å². The molecule has 1 spiro atoms. The number of amides is 1. The molecule has 3 aliphatic rings. The number of hydrogen-bond acceptors (Lipinski definition) is 7. The van der Waals surface area contributed by atoms with Gasteiger partial charge in [-0.05, 0) is 6.42 Å². The summed E-state index contributed by atoms with van der Waals surface area (Å²) in [5.74, 6) is -1.69. The maximum absolute atomic E-state index is 10.8. The summed E-state index contributed by atoms with van der Waals surface area (Å²) in [6, 6.07) is -1.02. The first kappa shape index (κ1) is 13.9. The molecule has 10 heteroatoms. The molecule has 0 saturated heterocycles. The van der Waals surface area contributed by atoms with Crippen LogP contribution in [0.4, 0.5) is 4.79 Å². The maximum atomic E-state index is 10.8. The first-order valence-electron chi connectivity index (χ1n) is 6.71. The Hall–Kier alpha value is -2.07. The minimum atomic E-state index is -1.99. The molecule has 0 aromatic carbocycles. The number of amidine groups is 1. The summed E-state index contributed by atoms with van der Waals surface area (Å²) in [6.45, 7) is -0.0762.